The molecule has 0 aliphatic carbocycles. The van der Waals surface area contributed by atoms with Gasteiger partial charge in [-0.15, -0.1) is 0 Å². The summed E-state index contributed by atoms with van der Waals surface area (Å²) in [6.07, 6.45) is 5.74. The Morgan fingerprint density at radius 2 is 2.08 bits per heavy atom. The van der Waals surface area contributed by atoms with Crippen LogP contribution in [0.25, 0.3) is 11.2 Å². The number of likely N-dealkylation sites (N-methyl/N-ethyl adjacent to an activating group) is 1. The average molecular weight is 330 g/mol. The molecule has 0 bridgehead atoms. The van der Waals surface area contributed by atoms with Gasteiger partial charge >= 0.3 is 0 Å². The molecule has 2 aromatic rings. The van der Waals surface area contributed by atoms with Gasteiger partial charge < -0.3 is 19.5 Å². The quantitative estimate of drug-likeness (QED) is 0.877. The van der Waals surface area contributed by atoms with E-state index in [1.165, 1.54) is 0 Å². The summed E-state index contributed by atoms with van der Waals surface area (Å²) in [4.78, 5) is 32.7. The van der Waals surface area contributed by atoms with E-state index in [4.69, 9.17) is 4.74 Å². The number of hydrogen-bond donors (Lipinski definition) is 1. The number of imidazole rings is 1. The molecule has 8 heteroatoms. The van der Waals surface area contributed by atoms with Crippen LogP contribution in [0.4, 0.5) is 5.82 Å². The first-order chi connectivity index (χ1) is 11.6. The molecule has 2 aliphatic heterocycles. The van der Waals surface area contributed by atoms with Crippen molar-refractivity contribution in [3.8, 4) is 0 Å². The number of nitrogens with one attached hydrogen (secondary N) is 1. The van der Waals surface area contributed by atoms with Gasteiger partial charge in [0.05, 0.1) is 17.8 Å². The van der Waals surface area contributed by atoms with Crippen molar-refractivity contribution < 1.29 is 9.53 Å². The van der Waals surface area contributed by atoms with Crippen molar-refractivity contribution in [2.24, 2.45) is 5.41 Å². The highest BCUT2D eigenvalue weighted by Gasteiger charge is 2.48. The first-order valence-electron chi connectivity index (χ1n) is 8.30. The first-order valence-corrected chi connectivity index (χ1v) is 8.30. The number of fused-ring (bicyclic) bond motifs is 1. The molecular formula is C16H22N6O2. The number of likely N-dealkylation sites (tertiary alicyclic amines) is 1. The number of anilines is 1. The molecule has 2 aliphatic rings. The van der Waals surface area contributed by atoms with Crippen LogP contribution >= 0.6 is 0 Å². The maximum absolute atomic E-state index is 12.8. The second kappa shape index (κ2) is 5.70. The Balaban J connectivity index is 1.56. The normalized spacial score (nSPS) is 24.1. The number of aromatic nitrogens is 4. The Kier molecular flexibility index (Phi) is 3.64. The lowest BCUT2D eigenvalue weighted by atomic mass is 9.71. The molecule has 1 unspecified atom stereocenters. The van der Waals surface area contributed by atoms with Gasteiger partial charge in [0.25, 0.3) is 0 Å². The molecule has 1 atom stereocenters. The SMILES string of the molecule is COC1CN(C)C(=O)C2(CCN(c3ncnc4nc[nH]c34)CC2)C1. The molecule has 0 aromatic carbocycles. The van der Waals surface area contributed by atoms with Crippen molar-refractivity contribution in [3.63, 3.8) is 0 Å². The molecule has 1 N–H and O–H groups in total. The Morgan fingerprint density at radius 3 is 2.83 bits per heavy atom. The van der Waals surface area contributed by atoms with E-state index in [1.807, 2.05) is 11.9 Å². The zero-order chi connectivity index (χ0) is 16.7. The molecule has 0 radical (unpaired) electrons. The summed E-state index contributed by atoms with van der Waals surface area (Å²) in [6, 6.07) is 0. The standard InChI is InChI=1S/C16H22N6O2/c1-21-8-11(24-2)7-16(15(21)23)3-5-22(6-4-16)14-12-13(18-9-17-12)19-10-20-14/h9-11H,3-8H2,1-2H3,(H,17,18,19,20). The van der Waals surface area contributed by atoms with Crippen LogP contribution in [0.3, 0.4) is 0 Å². The van der Waals surface area contributed by atoms with Crippen LogP contribution in [-0.2, 0) is 9.53 Å². The third kappa shape index (κ3) is 2.32. The summed E-state index contributed by atoms with van der Waals surface area (Å²) in [7, 11) is 3.60. The number of ether oxygens (including phenoxy) is 1. The molecule has 8 nitrogen and oxygen atoms in total. The molecule has 2 fully saturated rings. The summed E-state index contributed by atoms with van der Waals surface area (Å²) >= 11 is 0. The van der Waals surface area contributed by atoms with Crippen LogP contribution in [0, 0.1) is 5.41 Å². The number of nitrogens with zero attached hydrogens (tertiary/aromatic N) is 5. The van der Waals surface area contributed by atoms with Gasteiger partial charge in [0.1, 0.15) is 11.8 Å². The number of H-pyrrole nitrogens is 1. The molecule has 4 heterocycles. The molecule has 24 heavy (non-hydrogen) atoms. The van der Waals surface area contributed by atoms with E-state index in [2.05, 4.69) is 24.8 Å². The number of piperidine rings is 2. The first kappa shape index (κ1) is 15.3. The van der Waals surface area contributed by atoms with Gasteiger partial charge in [-0.05, 0) is 19.3 Å². The molecule has 1 spiro atoms. The maximum atomic E-state index is 12.8. The van der Waals surface area contributed by atoms with E-state index in [1.54, 1.807) is 19.8 Å². The molecule has 128 valence electrons. The molecule has 2 saturated heterocycles. The fraction of sp³-hybridized carbons (Fsp3) is 0.625. The van der Waals surface area contributed by atoms with E-state index >= 15 is 0 Å². The molecule has 2 aromatic heterocycles. The average Bonchev–Trinajstić information content (AvgIpc) is 3.09. The van der Waals surface area contributed by atoms with Crippen LogP contribution in [-0.4, -0.2) is 70.6 Å². The highest BCUT2D eigenvalue weighted by Crippen LogP contribution is 2.42. The number of carbonyl (C=O) groups excluding carboxylic acids is 1. The fourth-order valence-electron chi connectivity index (χ4n) is 4.10. The number of carbonyl (C=O) groups is 1. The van der Waals surface area contributed by atoms with Gasteiger partial charge in [0.15, 0.2) is 11.5 Å². The van der Waals surface area contributed by atoms with E-state index in [-0.39, 0.29) is 17.4 Å². The molecule has 4 rings (SSSR count). The van der Waals surface area contributed by atoms with Crippen molar-refractivity contribution in [2.45, 2.75) is 25.4 Å². The number of hydrogen-bond acceptors (Lipinski definition) is 6. The monoisotopic (exact) mass is 330 g/mol. The summed E-state index contributed by atoms with van der Waals surface area (Å²) in [5.41, 5.74) is 1.23. The lowest BCUT2D eigenvalue weighted by Gasteiger charge is -2.47. The Bertz CT molecular complexity index is 752. The second-order valence-electron chi connectivity index (χ2n) is 6.81. The lowest BCUT2D eigenvalue weighted by Crippen LogP contribution is -2.56. The topological polar surface area (TPSA) is 87.2 Å². The predicted molar refractivity (Wildman–Crippen MR) is 88.6 cm³/mol. The minimum absolute atomic E-state index is 0.123. The van der Waals surface area contributed by atoms with Gasteiger partial charge in [-0.2, -0.15) is 0 Å². The summed E-state index contributed by atoms with van der Waals surface area (Å²) in [6.45, 7) is 2.27. The third-order valence-corrected chi connectivity index (χ3v) is 5.45. The molecule has 1 amide bonds. The van der Waals surface area contributed by atoms with E-state index in [0.29, 0.717) is 12.2 Å². The largest absolute Gasteiger partial charge is 0.380 e. The summed E-state index contributed by atoms with van der Waals surface area (Å²) in [5.74, 6) is 1.12. The van der Waals surface area contributed by atoms with Gasteiger partial charge in [0, 0.05) is 33.8 Å². The number of aromatic amines is 1. The summed E-state index contributed by atoms with van der Waals surface area (Å²) in [5, 5.41) is 0. The van der Waals surface area contributed by atoms with Gasteiger partial charge in [-0.1, -0.05) is 0 Å². The van der Waals surface area contributed by atoms with Crippen molar-refractivity contribution in [2.75, 3.05) is 38.7 Å². The Labute approximate surface area is 140 Å². The van der Waals surface area contributed by atoms with Crippen LogP contribution in [0.2, 0.25) is 0 Å². The van der Waals surface area contributed by atoms with Crippen molar-refractivity contribution in [3.05, 3.63) is 12.7 Å². The predicted octanol–water partition coefficient (Wildman–Crippen LogP) is 0.817. The zero-order valence-electron chi connectivity index (χ0n) is 14.0. The van der Waals surface area contributed by atoms with E-state index in [0.717, 1.165) is 43.7 Å². The van der Waals surface area contributed by atoms with Gasteiger partial charge in [0.2, 0.25) is 5.91 Å². The van der Waals surface area contributed by atoms with E-state index < -0.39 is 0 Å². The van der Waals surface area contributed by atoms with Crippen LogP contribution < -0.4 is 4.90 Å². The highest BCUT2D eigenvalue weighted by atomic mass is 16.5. The van der Waals surface area contributed by atoms with Gasteiger partial charge in [-0.25, -0.2) is 15.0 Å². The third-order valence-electron chi connectivity index (χ3n) is 5.45. The van der Waals surface area contributed by atoms with Crippen LogP contribution in [0.5, 0.6) is 0 Å². The van der Waals surface area contributed by atoms with Gasteiger partial charge in [-0.3, -0.25) is 4.79 Å². The number of amides is 1. The number of rotatable bonds is 2. The minimum Gasteiger partial charge on any atom is -0.380 e. The van der Waals surface area contributed by atoms with Crippen LogP contribution in [0.1, 0.15) is 19.3 Å². The fourth-order valence-corrected chi connectivity index (χ4v) is 4.10. The van der Waals surface area contributed by atoms with Crippen molar-refractivity contribution in [1.82, 2.24) is 24.8 Å². The van der Waals surface area contributed by atoms with E-state index in [9.17, 15) is 4.79 Å². The smallest absolute Gasteiger partial charge is 0.228 e. The van der Waals surface area contributed by atoms with Crippen molar-refractivity contribution in [1.29, 1.82) is 0 Å². The Hall–Kier alpha value is -2.22. The highest BCUT2D eigenvalue weighted by molar-refractivity contribution is 5.85. The molecular weight excluding hydrogens is 308 g/mol. The second-order valence-corrected chi connectivity index (χ2v) is 6.81. The lowest BCUT2D eigenvalue weighted by molar-refractivity contribution is -0.153. The Morgan fingerprint density at radius 1 is 1.29 bits per heavy atom. The minimum atomic E-state index is -0.301. The maximum Gasteiger partial charge on any atom is 0.228 e. The number of methoxy groups -OCH3 is 1. The molecule has 0 saturated carbocycles. The van der Waals surface area contributed by atoms with Crippen molar-refractivity contribution >= 4 is 22.9 Å². The summed E-state index contributed by atoms with van der Waals surface area (Å²) < 4.78 is 5.55. The zero-order valence-corrected chi connectivity index (χ0v) is 14.0. The van der Waals surface area contributed by atoms with Crippen LogP contribution in [0.15, 0.2) is 12.7 Å².